The number of carbonyl (C=O) groups is 1. The minimum Gasteiger partial charge on any atom is -0.269 e. The number of carbonyl (C=O) groups excluding carboxylic acids is 1. The number of rotatable bonds is 6. The maximum absolute atomic E-state index is 13.5. The summed E-state index contributed by atoms with van der Waals surface area (Å²) in [5.41, 5.74) is 2.73. The molecule has 5 rings (SSSR count). The Morgan fingerprint density at radius 1 is 0.838 bits per heavy atom. The van der Waals surface area contributed by atoms with E-state index in [4.69, 9.17) is 5.10 Å². The third kappa shape index (κ3) is 5.31. The van der Waals surface area contributed by atoms with Crippen molar-refractivity contribution in [3.8, 4) is 16.9 Å². The molecule has 0 fully saturated rings. The molecule has 1 heterocycles. The molecular formula is C28H19F2N3O3S. The number of nitrogens with one attached hydrogen (secondary N) is 1. The van der Waals surface area contributed by atoms with Crippen molar-refractivity contribution < 1.29 is 22.0 Å². The second kappa shape index (κ2) is 9.79. The number of benzene rings is 4. The van der Waals surface area contributed by atoms with Gasteiger partial charge in [0.15, 0.2) is 0 Å². The second-order valence-corrected chi connectivity index (χ2v) is 9.87. The van der Waals surface area contributed by atoms with Gasteiger partial charge < -0.3 is 0 Å². The normalized spacial score (nSPS) is 11.7. The number of halogens is 2. The van der Waals surface area contributed by atoms with Gasteiger partial charge in [-0.05, 0) is 47.2 Å². The minimum absolute atomic E-state index is 0.541. The summed E-state index contributed by atoms with van der Waals surface area (Å²) < 4.78 is 55.3. The zero-order valence-corrected chi connectivity index (χ0v) is 20.0. The molecule has 0 unspecified atom stereocenters. The first-order chi connectivity index (χ1) is 17.8. The van der Waals surface area contributed by atoms with Gasteiger partial charge >= 0.3 is 0 Å². The van der Waals surface area contributed by atoms with Gasteiger partial charge in [-0.15, -0.1) is 0 Å². The van der Waals surface area contributed by atoms with Gasteiger partial charge in [-0.3, -0.25) is 4.79 Å². The van der Waals surface area contributed by atoms with Crippen molar-refractivity contribution in [2.75, 3.05) is 0 Å². The average Bonchev–Trinajstić information content (AvgIpc) is 3.31. The summed E-state index contributed by atoms with van der Waals surface area (Å²) in [5, 5.41) is 6.78. The Bertz CT molecular complexity index is 1740. The quantitative estimate of drug-likeness (QED) is 0.303. The van der Waals surface area contributed by atoms with E-state index < -0.39 is 32.5 Å². The molecule has 0 aliphatic heterocycles. The zero-order valence-electron chi connectivity index (χ0n) is 19.2. The molecule has 184 valence electrons. The first kappa shape index (κ1) is 24.1. The number of fused-ring (bicyclic) bond motifs is 1. The largest absolute Gasteiger partial charge is 0.269 e. The van der Waals surface area contributed by atoms with Crippen LogP contribution < -0.4 is 4.72 Å². The molecule has 0 aliphatic carbocycles. The van der Waals surface area contributed by atoms with Crippen LogP contribution >= 0.6 is 0 Å². The van der Waals surface area contributed by atoms with Crippen LogP contribution in [0, 0.1) is 11.6 Å². The van der Waals surface area contributed by atoms with Crippen LogP contribution in [0.3, 0.4) is 0 Å². The smallest absolute Gasteiger partial charge is 0.264 e. The monoisotopic (exact) mass is 515 g/mol. The Morgan fingerprint density at radius 3 is 2.24 bits per heavy atom. The average molecular weight is 516 g/mol. The van der Waals surface area contributed by atoms with Crippen LogP contribution in [0.5, 0.6) is 0 Å². The van der Waals surface area contributed by atoms with Crippen LogP contribution in [-0.2, 0) is 14.8 Å². The number of hydrogen-bond donors (Lipinski definition) is 1. The first-order valence-corrected chi connectivity index (χ1v) is 12.6. The van der Waals surface area contributed by atoms with Crippen LogP contribution in [0.2, 0.25) is 0 Å². The molecule has 6 nitrogen and oxygen atoms in total. The highest BCUT2D eigenvalue weighted by molar-refractivity contribution is 7.90. The van der Waals surface area contributed by atoms with E-state index in [-0.39, 0.29) is 0 Å². The van der Waals surface area contributed by atoms with Crippen molar-refractivity contribution >= 4 is 32.8 Å². The SMILES string of the molecule is O=C(/C=C/c1cn(-c2ccccc2)nc1-c1ccc2ccccc2c1)NS(=O)(=O)c1cc(F)cc(F)c1. The van der Waals surface area contributed by atoms with E-state index in [1.165, 1.54) is 6.08 Å². The van der Waals surface area contributed by atoms with Gasteiger partial charge in [0.1, 0.15) is 11.6 Å². The lowest BCUT2D eigenvalue weighted by Crippen LogP contribution is -2.29. The fraction of sp³-hybridized carbons (Fsp3) is 0. The number of hydrogen-bond acceptors (Lipinski definition) is 4. The molecule has 5 aromatic rings. The van der Waals surface area contributed by atoms with Crippen molar-refractivity contribution in [1.82, 2.24) is 14.5 Å². The van der Waals surface area contributed by atoms with Gasteiger partial charge in [0.05, 0.1) is 16.3 Å². The van der Waals surface area contributed by atoms with Gasteiger partial charge in [0.25, 0.3) is 15.9 Å². The maximum atomic E-state index is 13.5. The van der Waals surface area contributed by atoms with Crippen LogP contribution in [0.25, 0.3) is 33.8 Å². The number of sulfonamides is 1. The van der Waals surface area contributed by atoms with Gasteiger partial charge in [-0.1, -0.05) is 54.6 Å². The van der Waals surface area contributed by atoms with E-state index in [1.807, 2.05) is 72.8 Å². The molecule has 0 saturated heterocycles. The number of nitrogens with zero attached hydrogens (tertiary/aromatic N) is 2. The predicted octanol–water partition coefficient (Wildman–Crippen LogP) is 5.49. The molecule has 0 saturated carbocycles. The molecule has 0 bridgehead atoms. The van der Waals surface area contributed by atoms with Gasteiger partial charge in [0, 0.05) is 29.5 Å². The highest BCUT2D eigenvalue weighted by Gasteiger charge is 2.19. The van der Waals surface area contributed by atoms with Crippen molar-refractivity contribution in [2.24, 2.45) is 0 Å². The standard InChI is InChI=1S/C28H19F2N3O3S/c29-23-15-24(30)17-26(16-23)37(35,36)32-27(34)13-12-22-18-33(25-8-2-1-3-9-25)31-28(22)21-11-10-19-6-4-5-7-20(19)14-21/h1-18H,(H,32,34)/b13-12+. The molecule has 0 atom stereocenters. The van der Waals surface area contributed by atoms with E-state index in [2.05, 4.69) is 0 Å². The Morgan fingerprint density at radius 2 is 1.51 bits per heavy atom. The summed E-state index contributed by atoms with van der Waals surface area (Å²) >= 11 is 0. The van der Waals surface area contributed by atoms with Crippen molar-refractivity contribution in [3.63, 3.8) is 0 Å². The Balaban J connectivity index is 1.49. The topological polar surface area (TPSA) is 81.1 Å². The molecule has 37 heavy (non-hydrogen) atoms. The summed E-state index contributed by atoms with van der Waals surface area (Å²) in [7, 11) is -4.48. The molecule has 0 aliphatic rings. The fourth-order valence-electron chi connectivity index (χ4n) is 3.86. The fourth-order valence-corrected chi connectivity index (χ4v) is 4.84. The molecule has 9 heteroatoms. The third-order valence-electron chi connectivity index (χ3n) is 5.58. The van der Waals surface area contributed by atoms with Crippen LogP contribution in [-0.4, -0.2) is 24.1 Å². The van der Waals surface area contributed by atoms with Gasteiger partial charge in [-0.2, -0.15) is 5.10 Å². The lowest BCUT2D eigenvalue weighted by molar-refractivity contribution is -0.114. The zero-order chi connectivity index (χ0) is 26.0. The predicted molar refractivity (Wildman–Crippen MR) is 137 cm³/mol. The van der Waals surface area contributed by atoms with E-state index >= 15 is 0 Å². The summed E-state index contributed by atoms with van der Waals surface area (Å²) in [6, 6.07) is 24.9. The summed E-state index contributed by atoms with van der Waals surface area (Å²) in [5.74, 6) is -3.13. The van der Waals surface area contributed by atoms with Crippen molar-refractivity contribution in [2.45, 2.75) is 4.90 Å². The molecule has 0 spiro atoms. The molecule has 1 aromatic heterocycles. The lowest BCUT2D eigenvalue weighted by Gasteiger charge is -2.05. The first-order valence-electron chi connectivity index (χ1n) is 11.1. The second-order valence-electron chi connectivity index (χ2n) is 8.18. The van der Waals surface area contributed by atoms with Crippen molar-refractivity contribution in [1.29, 1.82) is 0 Å². The van der Waals surface area contributed by atoms with E-state index in [1.54, 1.807) is 15.6 Å². The molecule has 1 N–H and O–H groups in total. The lowest BCUT2D eigenvalue weighted by atomic mass is 10.0. The van der Waals surface area contributed by atoms with E-state index in [0.29, 0.717) is 29.5 Å². The summed E-state index contributed by atoms with van der Waals surface area (Å²) in [4.78, 5) is 11.8. The van der Waals surface area contributed by atoms with Crippen LogP contribution in [0.1, 0.15) is 5.56 Å². The molecule has 1 amide bonds. The Labute approximate surface area is 211 Å². The third-order valence-corrected chi connectivity index (χ3v) is 6.91. The van der Waals surface area contributed by atoms with E-state index in [9.17, 15) is 22.0 Å². The van der Waals surface area contributed by atoms with Crippen LogP contribution in [0.4, 0.5) is 8.78 Å². The summed E-state index contributed by atoms with van der Waals surface area (Å²) in [6.07, 6.45) is 4.19. The highest BCUT2D eigenvalue weighted by Crippen LogP contribution is 2.28. The molecule has 4 aromatic carbocycles. The van der Waals surface area contributed by atoms with E-state index in [0.717, 1.165) is 28.1 Å². The molecular weight excluding hydrogens is 496 g/mol. The summed E-state index contributed by atoms with van der Waals surface area (Å²) in [6.45, 7) is 0. The van der Waals surface area contributed by atoms with Gasteiger partial charge in [0.2, 0.25) is 0 Å². The maximum Gasteiger partial charge on any atom is 0.264 e. The number of amides is 1. The Kier molecular flexibility index (Phi) is 6.37. The Hall–Kier alpha value is -4.63. The number of aromatic nitrogens is 2. The van der Waals surface area contributed by atoms with Crippen molar-refractivity contribution in [3.05, 3.63) is 120 Å². The van der Waals surface area contributed by atoms with Gasteiger partial charge in [-0.25, -0.2) is 26.6 Å². The highest BCUT2D eigenvalue weighted by atomic mass is 32.2. The van der Waals surface area contributed by atoms with Crippen LogP contribution in [0.15, 0.2) is 108 Å². The molecule has 0 radical (unpaired) electrons. The number of para-hydroxylation sites is 1. The minimum atomic E-state index is -4.48.